The fraction of sp³-hybridized carbons (Fsp3) is 0.167. The lowest BCUT2D eigenvalue weighted by atomic mass is 10.1. The van der Waals surface area contributed by atoms with Gasteiger partial charge < -0.3 is 20.1 Å². The molecule has 0 heterocycles. The molecule has 3 rings (SSSR count). The molecule has 9 heteroatoms. The van der Waals surface area contributed by atoms with Crippen LogP contribution in [0.3, 0.4) is 0 Å². The standard InChI is InChI=1S/C24H21F3N2O4/c1-3-32-19-13-18(29-24(31)15-10-11-16(25)22(27)21(15)26)20(33-4-2)12-17(19)28-23(30)14-8-6-5-7-9-14/h5-13H,3-4H2,1-2H3,(H,28,30)(H,29,31). The molecule has 3 aromatic carbocycles. The molecule has 0 unspecified atom stereocenters. The number of carbonyl (C=O) groups excluding carboxylic acids is 2. The SMILES string of the molecule is CCOc1cc(NC(=O)c2ccc(F)c(F)c2F)c(OCC)cc1NC(=O)c1ccccc1. The average molecular weight is 458 g/mol. The lowest BCUT2D eigenvalue weighted by Crippen LogP contribution is -2.17. The van der Waals surface area contributed by atoms with E-state index >= 15 is 0 Å². The first-order chi connectivity index (χ1) is 15.8. The summed E-state index contributed by atoms with van der Waals surface area (Å²) in [6, 6.07) is 12.8. The molecule has 3 aromatic rings. The van der Waals surface area contributed by atoms with Crippen molar-refractivity contribution in [2.24, 2.45) is 0 Å². The number of hydrogen-bond donors (Lipinski definition) is 2. The zero-order valence-corrected chi connectivity index (χ0v) is 17.9. The van der Waals surface area contributed by atoms with Gasteiger partial charge in [0.2, 0.25) is 0 Å². The highest BCUT2D eigenvalue weighted by Crippen LogP contribution is 2.37. The number of amides is 2. The number of ether oxygens (including phenoxy) is 2. The van der Waals surface area contributed by atoms with Gasteiger partial charge in [0.15, 0.2) is 17.5 Å². The van der Waals surface area contributed by atoms with E-state index in [1.807, 2.05) is 0 Å². The Hall–Kier alpha value is -4.01. The summed E-state index contributed by atoms with van der Waals surface area (Å²) in [7, 11) is 0. The quantitative estimate of drug-likeness (QED) is 0.443. The second-order valence-corrected chi connectivity index (χ2v) is 6.71. The van der Waals surface area contributed by atoms with Crippen LogP contribution in [0.4, 0.5) is 24.5 Å². The lowest BCUT2D eigenvalue weighted by molar-refractivity contribution is 0.101. The van der Waals surface area contributed by atoms with E-state index in [9.17, 15) is 22.8 Å². The number of halogens is 3. The monoisotopic (exact) mass is 458 g/mol. The summed E-state index contributed by atoms with van der Waals surface area (Å²) in [5.74, 6) is -5.80. The van der Waals surface area contributed by atoms with Crippen LogP contribution >= 0.6 is 0 Å². The summed E-state index contributed by atoms with van der Waals surface area (Å²) in [5, 5.41) is 5.16. The van der Waals surface area contributed by atoms with Crippen LogP contribution in [-0.4, -0.2) is 25.0 Å². The van der Waals surface area contributed by atoms with Crippen LogP contribution in [0.1, 0.15) is 34.6 Å². The first-order valence-corrected chi connectivity index (χ1v) is 10.1. The second kappa shape index (κ2) is 10.5. The van der Waals surface area contributed by atoms with Gasteiger partial charge in [-0.1, -0.05) is 18.2 Å². The van der Waals surface area contributed by atoms with Crippen LogP contribution in [-0.2, 0) is 0 Å². The highest BCUT2D eigenvalue weighted by Gasteiger charge is 2.22. The minimum Gasteiger partial charge on any atom is -0.492 e. The summed E-state index contributed by atoms with van der Waals surface area (Å²) < 4.78 is 52.0. The molecule has 0 aliphatic heterocycles. The van der Waals surface area contributed by atoms with E-state index in [-0.39, 0.29) is 42.0 Å². The van der Waals surface area contributed by atoms with Crippen molar-refractivity contribution in [3.63, 3.8) is 0 Å². The number of nitrogens with one attached hydrogen (secondary N) is 2. The molecule has 0 saturated carbocycles. The van der Waals surface area contributed by atoms with Crippen LogP contribution in [0, 0.1) is 17.5 Å². The van der Waals surface area contributed by atoms with Gasteiger partial charge in [0.25, 0.3) is 11.8 Å². The molecule has 0 spiro atoms. The first-order valence-electron chi connectivity index (χ1n) is 10.1. The second-order valence-electron chi connectivity index (χ2n) is 6.71. The Labute approximate surface area is 188 Å². The molecular weight excluding hydrogens is 437 g/mol. The largest absolute Gasteiger partial charge is 0.492 e. The predicted molar refractivity (Wildman–Crippen MR) is 117 cm³/mol. The van der Waals surface area contributed by atoms with Gasteiger partial charge in [-0.15, -0.1) is 0 Å². The van der Waals surface area contributed by atoms with Gasteiger partial charge in [-0.2, -0.15) is 0 Å². The van der Waals surface area contributed by atoms with Gasteiger partial charge in [-0.3, -0.25) is 9.59 Å². The van der Waals surface area contributed by atoms with Gasteiger partial charge in [0.05, 0.1) is 30.2 Å². The zero-order valence-electron chi connectivity index (χ0n) is 17.9. The Morgan fingerprint density at radius 3 is 1.85 bits per heavy atom. The van der Waals surface area contributed by atoms with Crippen molar-refractivity contribution in [2.45, 2.75) is 13.8 Å². The Kier molecular flexibility index (Phi) is 7.55. The Morgan fingerprint density at radius 2 is 1.30 bits per heavy atom. The number of benzene rings is 3. The van der Waals surface area contributed by atoms with E-state index in [2.05, 4.69) is 10.6 Å². The molecule has 0 bridgehead atoms. The van der Waals surface area contributed by atoms with E-state index < -0.39 is 28.9 Å². The summed E-state index contributed by atoms with van der Waals surface area (Å²) in [6.45, 7) is 3.89. The third-order valence-corrected chi connectivity index (χ3v) is 4.49. The zero-order chi connectivity index (χ0) is 24.0. The highest BCUT2D eigenvalue weighted by molar-refractivity contribution is 6.07. The first kappa shape index (κ1) is 23.6. The fourth-order valence-corrected chi connectivity index (χ4v) is 2.98. The molecule has 0 fully saturated rings. The number of hydrogen-bond acceptors (Lipinski definition) is 4. The van der Waals surface area contributed by atoms with Crippen molar-refractivity contribution in [3.8, 4) is 11.5 Å². The molecule has 6 nitrogen and oxygen atoms in total. The normalized spacial score (nSPS) is 10.5. The Balaban J connectivity index is 1.96. The van der Waals surface area contributed by atoms with Crippen molar-refractivity contribution in [1.29, 1.82) is 0 Å². The maximum atomic E-state index is 14.1. The Bertz CT molecular complexity index is 1170. The molecule has 2 N–H and O–H groups in total. The summed E-state index contributed by atoms with van der Waals surface area (Å²) in [6.07, 6.45) is 0. The molecule has 2 amide bonds. The molecule has 0 radical (unpaired) electrons. The topological polar surface area (TPSA) is 76.7 Å². The third-order valence-electron chi connectivity index (χ3n) is 4.49. The van der Waals surface area contributed by atoms with Crippen LogP contribution in [0.15, 0.2) is 54.6 Å². The Morgan fingerprint density at radius 1 is 0.758 bits per heavy atom. The maximum Gasteiger partial charge on any atom is 0.258 e. The van der Waals surface area contributed by atoms with E-state index in [1.54, 1.807) is 44.2 Å². The van der Waals surface area contributed by atoms with Gasteiger partial charge in [-0.05, 0) is 38.1 Å². The number of anilines is 2. The van der Waals surface area contributed by atoms with Crippen LogP contribution in [0.5, 0.6) is 11.5 Å². The number of carbonyl (C=O) groups is 2. The molecule has 33 heavy (non-hydrogen) atoms. The molecule has 0 atom stereocenters. The molecule has 172 valence electrons. The third kappa shape index (κ3) is 5.43. The van der Waals surface area contributed by atoms with Crippen LogP contribution in [0.2, 0.25) is 0 Å². The average Bonchev–Trinajstić information content (AvgIpc) is 2.81. The van der Waals surface area contributed by atoms with E-state index in [4.69, 9.17) is 9.47 Å². The minimum atomic E-state index is -1.75. The lowest BCUT2D eigenvalue weighted by Gasteiger charge is -2.18. The summed E-state index contributed by atoms with van der Waals surface area (Å²) >= 11 is 0. The maximum absolute atomic E-state index is 14.1. The van der Waals surface area contributed by atoms with Crippen molar-refractivity contribution in [1.82, 2.24) is 0 Å². The van der Waals surface area contributed by atoms with E-state index in [0.29, 0.717) is 11.6 Å². The van der Waals surface area contributed by atoms with E-state index in [1.165, 1.54) is 12.1 Å². The minimum absolute atomic E-state index is 0.0899. The molecule has 0 saturated heterocycles. The summed E-state index contributed by atoms with van der Waals surface area (Å²) in [5.41, 5.74) is 0.109. The van der Waals surface area contributed by atoms with Gasteiger partial charge >= 0.3 is 0 Å². The molecule has 0 aromatic heterocycles. The van der Waals surface area contributed by atoms with Gasteiger partial charge in [0.1, 0.15) is 11.5 Å². The van der Waals surface area contributed by atoms with Crippen LogP contribution < -0.4 is 20.1 Å². The van der Waals surface area contributed by atoms with E-state index in [0.717, 1.165) is 6.07 Å². The van der Waals surface area contributed by atoms with Crippen LogP contribution in [0.25, 0.3) is 0 Å². The number of rotatable bonds is 8. The summed E-state index contributed by atoms with van der Waals surface area (Å²) in [4.78, 5) is 25.2. The molecular formula is C24H21F3N2O4. The van der Waals surface area contributed by atoms with Crippen molar-refractivity contribution < 1.29 is 32.2 Å². The smallest absolute Gasteiger partial charge is 0.258 e. The molecule has 0 aliphatic carbocycles. The van der Waals surface area contributed by atoms with Gasteiger partial charge in [0, 0.05) is 17.7 Å². The van der Waals surface area contributed by atoms with Gasteiger partial charge in [-0.25, -0.2) is 13.2 Å². The highest BCUT2D eigenvalue weighted by atomic mass is 19.2. The van der Waals surface area contributed by atoms with Crippen molar-refractivity contribution in [2.75, 3.05) is 23.8 Å². The van der Waals surface area contributed by atoms with Crippen molar-refractivity contribution >= 4 is 23.2 Å². The van der Waals surface area contributed by atoms with Crippen molar-refractivity contribution in [3.05, 3.63) is 83.2 Å². The fourth-order valence-electron chi connectivity index (χ4n) is 2.98. The predicted octanol–water partition coefficient (Wildman–Crippen LogP) is 5.41. The molecule has 0 aliphatic rings.